The number of rotatable bonds is 5. The minimum absolute atomic E-state index is 0.126. The molecule has 8 heteroatoms. The van der Waals surface area contributed by atoms with Crippen LogP contribution in [-0.4, -0.2) is 26.1 Å². The van der Waals surface area contributed by atoms with Crippen molar-refractivity contribution in [2.45, 2.75) is 13.0 Å². The lowest BCUT2D eigenvalue weighted by Crippen LogP contribution is -2.15. The molecule has 0 bridgehead atoms. The van der Waals surface area contributed by atoms with Crippen LogP contribution in [0.1, 0.15) is 17.5 Å². The van der Waals surface area contributed by atoms with Gasteiger partial charge in [0.2, 0.25) is 11.6 Å². The number of aliphatic hydroxyl groups excluding tert-OH is 1. The average molecular weight is 311 g/mol. The highest BCUT2D eigenvalue weighted by Crippen LogP contribution is 2.25. The van der Waals surface area contributed by atoms with E-state index in [2.05, 4.69) is 10.3 Å². The summed E-state index contributed by atoms with van der Waals surface area (Å²) in [5.41, 5.74) is 0.674. The molecule has 2 aromatic rings. The lowest BCUT2D eigenvalue weighted by molar-refractivity contribution is -0.388. The summed E-state index contributed by atoms with van der Waals surface area (Å²) in [6.07, 6.45) is -0.808. The van der Waals surface area contributed by atoms with Crippen molar-refractivity contribution in [2.24, 2.45) is 7.05 Å². The van der Waals surface area contributed by atoms with Gasteiger partial charge in [-0.25, -0.2) is 0 Å². The molecule has 0 saturated carbocycles. The number of imidazole rings is 1. The number of anilines is 1. The lowest BCUT2D eigenvalue weighted by atomic mass is 10.1. The molecule has 1 heterocycles. The third kappa shape index (κ3) is 3.32. The average Bonchev–Trinajstić information content (AvgIpc) is 2.73. The van der Waals surface area contributed by atoms with Crippen molar-refractivity contribution in [1.82, 2.24) is 9.55 Å². The fourth-order valence-corrected chi connectivity index (χ4v) is 2.04. The Kier molecular flexibility index (Phi) is 4.44. The third-order valence-corrected chi connectivity index (χ3v) is 3.44. The number of halogens is 1. The van der Waals surface area contributed by atoms with E-state index < -0.39 is 11.0 Å². The predicted molar refractivity (Wildman–Crippen MR) is 79.5 cm³/mol. The molecule has 2 N–H and O–H groups in total. The molecular weight excluding hydrogens is 296 g/mol. The first-order valence-corrected chi connectivity index (χ1v) is 6.63. The van der Waals surface area contributed by atoms with Gasteiger partial charge in [-0.3, -0.25) is 4.57 Å². The van der Waals surface area contributed by atoms with E-state index >= 15 is 0 Å². The normalized spacial score (nSPS) is 12.2. The maximum absolute atomic E-state index is 11.0. The summed E-state index contributed by atoms with van der Waals surface area (Å²) < 4.78 is 1.58. The summed E-state index contributed by atoms with van der Waals surface area (Å²) in [6, 6.07) is 6.77. The molecule has 7 nitrogen and oxygen atoms in total. The van der Waals surface area contributed by atoms with Gasteiger partial charge in [0.15, 0.2) is 0 Å². The molecule has 112 valence electrons. The van der Waals surface area contributed by atoms with Crippen LogP contribution in [-0.2, 0) is 7.05 Å². The minimum Gasteiger partial charge on any atom is -0.387 e. The minimum atomic E-state index is -0.808. The molecule has 0 saturated heterocycles. The Bertz CT molecular complexity index is 654. The van der Waals surface area contributed by atoms with Gasteiger partial charge in [0.05, 0.1) is 6.10 Å². The molecule has 0 amide bonds. The van der Waals surface area contributed by atoms with Gasteiger partial charge in [0.1, 0.15) is 0 Å². The first kappa shape index (κ1) is 15.3. The van der Waals surface area contributed by atoms with Gasteiger partial charge in [-0.2, -0.15) is 0 Å². The summed E-state index contributed by atoms with van der Waals surface area (Å²) in [6.45, 7) is 1.80. The second kappa shape index (κ2) is 6.11. The first-order valence-electron chi connectivity index (χ1n) is 6.25. The van der Waals surface area contributed by atoms with Crippen molar-refractivity contribution in [3.05, 3.63) is 50.8 Å². The van der Waals surface area contributed by atoms with Gasteiger partial charge in [0.25, 0.3) is 0 Å². The molecule has 0 radical (unpaired) electrons. The summed E-state index contributed by atoms with van der Waals surface area (Å²) >= 11 is 5.78. The van der Waals surface area contributed by atoms with Gasteiger partial charge in [-0.05, 0) is 27.6 Å². The fraction of sp³-hybridized carbons (Fsp3) is 0.308. The van der Waals surface area contributed by atoms with Gasteiger partial charge in [0, 0.05) is 25.5 Å². The largest absolute Gasteiger partial charge is 0.406 e. The monoisotopic (exact) mass is 310 g/mol. The quantitative estimate of drug-likeness (QED) is 0.653. The van der Waals surface area contributed by atoms with Crippen LogP contribution in [0.25, 0.3) is 0 Å². The van der Waals surface area contributed by atoms with Crippen molar-refractivity contribution in [3.63, 3.8) is 0 Å². The molecule has 0 aliphatic carbocycles. The summed E-state index contributed by atoms with van der Waals surface area (Å²) in [5.74, 6) is 0.536. The van der Waals surface area contributed by atoms with E-state index in [1.165, 1.54) is 0 Å². The smallest absolute Gasteiger partial charge is 0.387 e. The Morgan fingerprint density at radius 2 is 2.10 bits per heavy atom. The van der Waals surface area contributed by atoms with Crippen LogP contribution in [0.4, 0.5) is 11.6 Å². The zero-order valence-corrected chi connectivity index (χ0v) is 12.3. The highest BCUT2D eigenvalue weighted by atomic mass is 35.5. The van der Waals surface area contributed by atoms with Crippen molar-refractivity contribution in [3.8, 4) is 0 Å². The summed E-state index contributed by atoms with van der Waals surface area (Å²) in [7, 11) is 1.67. The van der Waals surface area contributed by atoms with E-state index in [-0.39, 0.29) is 18.2 Å². The molecular formula is C13H15ClN4O3. The Morgan fingerprint density at radius 1 is 1.48 bits per heavy atom. The Hall–Kier alpha value is -2.12. The van der Waals surface area contributed by atoms with Crippen molar-refractivity contribution in [1.29, 1.82) is 0 Å². The lowest BCUT2D eigenvalue weighted by Gasteiger charge is -2.13. The number of hydrogen-bond donors (Lipinski definition) is 2. The van der Waals surface area contributed by atoms with Crippen LogP contribution in [0.2, 0.25) is 5.02 Å². The second-order valence-electron chi connectivity index (χ2n) is 4.60. The van der Waals surface area contributed by atoms with E-state index in [1.54, 1.807) is 42.8 Å². The van der Waals surface area contributed by atoms with Crippen LogP contribution in [0.3, 0.4) is 0 Å². The number of aliphatic hydroxyl groups is 1. The van der Waals surface area contributed by atoms with E-state index in [0.717, 1.165) is 0 Å². The molecule has 0 aliphatic rings. The van der Waals surface area contributed by atoms with Crippen LogP contribution in [0.15, 0.2) is 24.3 Å². The van der Waals surface area contributed by atoms with Crippen LogP contribution in [0, 0.1) is 17.0 Å². The number of aromatic nitrogens is 2. The Morgan fingerprint density at radius 3 is 2.67 bits per heavy atom. The molecule has 21 heavy (non-hydrogen) atoms. The summed E-state index contributed by atoms with van der Waals surface area (Å²) in [4.78, 5) is 14.3. The first-order chi connectivity index (χ1) is 9.90. The van der Waals surface area contributed by atoms with Gasteiger partial charge < -0.3 is 20.5 Å². The zero-order chi connectivity index (χ0) is 15.6. The molecule has 0 unspecified atom stereocenters. The topological polar surface area (TPSA) is 93.2 Å². The number of hydrogen-bond acceptors (Lipinski definition) is 5. The van der Waals surface area contributed by atoms with E-state index in [0.29, 0.717) is 16.4 Å². The maximum atomic E-state index is 11.0. The molecule has 0 aliphatic heterocycles. The molecule has 0 fully saturated rings. The molecule has 1 aromatic heterocycles. The Labute approximate surface area is 126 Å². The van der Waals surface area contributed by atoms with Gasteiger partial charge in [-0.1, -0.05) is 23.7 Å². The predicted octanol–water partition coefficient (Wildman–Crippen LogP) is 2.44. The van der Waals surface area contributed by atoms with Crippen LogP contribution < -0.4 is 5.32 Å². The Balaban J connectivity index is 2.12. The number of benzene rings is 1. The second-order valence-corrected chi connectivity index (χ2v) is 5.03. The van der Waals surface area contributed by atoms with E-state index in [1.807, 2.05) is 0 Å². The molecule has 2 rings (SSSR count). The zero-order valence-electron chi connectivity index (χ0n) is 11.6. The number of nitrogens with one attached hydrogen (secondary N) is 1. The van der Waals surface area contributed by atoms with E-state index in [4.69, 9.17) is 11.6 Å². The molecule has 1 aromatic carbocycles. The van der Waals surface area contributed by atoms with Crippen molar-refractivity contribution in [2.75, 3.05) is 11.9 Å². The molecule has 0 spiro atoms. The number of nitrogens with zero attached hydrogens (tertiary/aromatic N) is 3. The third-order valence-electron chi connectivity index (χ3n) is 3.19. The number of aryl methyl sites for hydroxylation is 1. The van der Waals surface area contributed by atoms with Crippen LogP contribution >= 0.6 is 11.6 Å². The highest BCUT2D eigenvalue weighted by molar-refractivity contribution is 6.30. The van der Waals surface area contributed by atoms with Crippen molar-refractivity contribution < 1.29 is 10.0 Å². The fourth-order valence-electron chi connectivity index (χ4n) is 1.91. The number of nitro groups is 1. The van der Waals surface area contributed by atoms with Gasteiger partial charge in [-0.15, -0.1) is 0 Å². The van der Waals surface area contributed by atoms with Gasteiger partial charge >= 0.3 is 5.82 Å². The van der Waals surface area contributed by atoms with Crippen molar-refractivity contribution >= 4 is 23.2 Å². The van der Waals surface area contributed by atoms with E-state index in [9.17, 15) is 15.2 Å². The standard InChI is InChI=1S/C13H15ClN4O3/c1-8-16-13(18(20)21)12(17(8)2)15-7-11(19)9-3-5-10(14)6-4-9/h3-6,11,15,19H,7H2,1-2H3/t11-/m0/s1. The van der Waals surface area contributed by atoms with Crippen LogP contribution in [0.5, 0.6) is 0 Å². The maximum Gasteiger partial charge on any atom is 0.406 e. The molecule has 1 atom stereocenters. The highest BCUT2D eigenvalue weighted by Gasteiger charge is 2.23. The SMILES string of the molecule is Cc1nc([N+](=O)[O-])c(NC[C@H](O)c2ccc(Cl)cc2)n1C. The summed E-state index contributed by atoms with van der Waals surface area (Å²) in [5, 5.41) is 24.5.